The molecule has 1 atom stereocenters. The molecule has 0 fully saturated rings. The van der Waals surface area contributed by atoms with Crippen LogP contribution in [0.5, 0.6) is 11.5 Å². The normalized spacial score (nSPS) is 19.1. The quantitative estimate of drug-likeness (QED) is 0.831. The summed E-state index contributed by atoms with van der Waals surface area (Å²) in [5.74, 6) is -1.94. The van der Waals surface area contributed by atoms with E-state index in [1.54, 1.807) is 18.2 Å². The van der Waals surface area contributed by atoms with Crippen LogP contribution < -0.4 is 9.47 Å². The summed E-state index contributed by atoms with van der Waals surface area (Å²) in [5, 5.41) is 18.9. The lowest BCUT2D eigenvalue weighted by Gasteiger charge is -2.26. The molecule has 0 unspecified atom stereocenters. The minimum Gasteiger partial charge on any atom is -0.503 e. The number of fused-ring (bicyclic) bond motifs is 1. The molecule has 2 heterocycles. The SMILES string of the molecule is CC(=O)C1=C(O)C(=O)N(CCC(=O)O)[C@@H]1c1ccc2c(c1)OCO2. The first-order chi connectivity index (χ1) is 11.4. The van der Waals surface area contributed by atoms with Gasteiger partial charge in [-0.05, 0) is 24.6 Å². The van der Waals surface area contributed by atoms with Gasteiger partial charge in [-0.15, -0.1) is 0 Å². The molecular weight excluding hydrogens is 318 g/mol. The number of rotatable bonds is 5. The maximum Gasteiger partial charge on any atom is 0.305 e. The summed E-state index contributed by atoms with van der Waals surface area (Å²) in [6.07, 6.45) is -0.300. The summed E-state index contributed by atoms with van der Waals surface area (Å²) < 4.78 is 10.5. The van der Waals surface area contributed by atoms with Crippen LogP contribution in [0.1, 0.15) is 24.9 Å². The third kappa shape index (κ3) is 2.55. The number of amides is 1. The molecule has 2 N–H and O–H groups in total. The first-order valence-electron chi connectivity index (χ1n) is 7.26. The van der Waals surface area contributed by atoms with Crippen LogP contribution in [0.25, 0.3) is 0 Å². The predicted molar refractivity (Wildman–Crippen MR) is 79.6 cm³/mol. The smallest absolute Gasteiger partial charge is 0.305 e. The third-order valence-electron chi connectivity index (χ3n) is 3.96. The lowest BCUT2D eigenvalue weighted by Crippen LogP contribution is -2.33. The summed E-state index contributed by atoms with van der Waals surface area (Å²) in [5.41, 5.74) is 0.483. The van der Waals surface area contributed by atoms with Crippen molar-refractivity contribution in [2.45, 2.75) is 19.4 Å². The topological polar surface area (TPSA) is 113 Å². The second-order valence-electron chi connectivity index (χ2n) is 5.48. The highest BCUT2D eigenvalue weighted by atomic mass is 16.7. The molecule has 0 bridgehead atoms. The molecule has 0 spiro atoms. The maximum absolute atomic E-state index is 12.3. The Balaban J connectivity index is 2.03. The zero-order valence-corrected chi connectivity index (χ0v) is 12.8. The highest BCUT2D eigenvalue weighted by Crippen LogP contribution is 2.41. The van der Waals surface area contributed by atoms with Crippen LogP contribution in [0.4, 0.5) is 0 Å². The lowest BCUT2D eigenvalue weighted by atomic mass is 9.96. The van der Waals surface area contributed by atoms with Gasteiger partial charge in [-0.1, -0.05) is 6.07 Å². The van der Waals surface area contributed by atoms with Crippen LogP contribution in [0, 0.1) is 0 Å². The van der Waals surface area contributed by atoms with E-state index in [0.717, 1.165) is 0 Å². The Hall–Kier alpha value is -3.03. The van der Waals surface area contributed by atoms with Crippen LogP contribution in [0.2, 0.25) is 0 Å². The van der Waals surface area contributed by atoms with Gasteiger partial charge in [0.05, 0.1) is 18.0 Å². The molecule has 1 amide bonds. The number of ketones is 1. The van der Waals surface area contributed by atoms with Crippen molar-refractivity contribution >= 4 is 17.7 Å². The largest absolute Gasteiger partial charge is 0.503 e. The third-order valence-corrected chi connectivity index (χ3v) is 3.96. The van der Waals surface area contributed by atoms with Crippen molar-refractivity contribution in [2.75, 3.05) is 13.3 Å². The second-order valence-corrected chi connectivity index (χ2v) is 5.48. The average Bonchev–Trinajstić information content (AvgIpc) is 3.08. The van der Waals surface area contributed by atoms with Crippen LogP contribution in [-0.4, -0.2) is 46.1 Å². The van der Waals surface area contributed by atoms with Gasteiger partial charge < -0.3 is 24.6 Å². The van der Waals surface area contributed by atoms with E-state index < -0.39 is 29.5 Å². The van der Waals surface area contributed by atoms with E-state index in [4.69, 9.17) is 14.6 Å². The molecule has 24 heavy (non-hydrogen) atoms. The first kappa shape index (κ1) is 15.9. The van der Waals surface area contributed by atoms with Crippen molar-refractivity contribution in [2.24, 2.45) is 0 Å². The zero-order chi connectivity index (χ0) is 17.4. The van der Waals surface area contributed by atoms with E-state index in [1.165, 1.54) is 11.8 Å². The van der Waals surface area contributed by atoms with E-state index in [2.05, 4.69) is 0 Å². The number of carbonyl (C=O) groups excluding carboxylic acids is 2. The van der Waals surface area contributed by atoms with E-state index >= 15 is 0 Å². The standard InChI is InChI=1S/C16H15NO7/c1-8(18)13-14(9-2-3-10-11(6-9)24-7-23-10)17(5-4-12(19)20)16(22)15(13)21/h2-3,6,14,21H,4-5,7H2,1H3,(H,19,20)/t14-/m1/s1. The van der Waals surface area contributed by atoms with Gasteiger partial charge in [-0.25, -0.2) is 0 Å². The fourth-order valence-corrected chi connectivity index (χ4v) is 2.89. The number of nitrogens with zero attached hydrogens (tertiary/aromatic N) is 1. The number of Topliss-reactive ketones (excluding diaryl/α,β-unsaturated/α-hetero) is 1. The summed E-state index contributed by atoms with van der Waals surface area (Å²) in [7, 11) is 0. The molecule has 0 aromatic heterocycles. The molecule has 2 aliphatic rings. The minimum atomic E-state index is -1.08. The van der Waals surface area contributed by atoms with Crippen LogP contribution >= 0.6 is 0 Å². The Kier molecular flexibility index (Phi) is 3.88. The predicted octanol–water partition coefficient (Wildman–Crippen LogP) is 1.17. The molecule has 8 heteroatoms. The molecule has 2 aliphatic heterocycles. The molecule has 126 valence electrons. The number of ether oxygens (including phenoxy) is 2. The summed E-state index contributed by atoms with van der Waals surface area (Å²) in [6.45, 7) is 1.19. The highest BCUT2D eigenvalue weighted by molar-refractivity contribution is 6.08. The highest BCUT2D eigenvalue weighted by Gasteiger charge is 2.42. The van der Waals surface area contributed by atoms with E-state index in [9.17, 15) is 19.5 Å². The van der Waals surface area contributed by atoms with Gasteiger partial charge >= 0.3 is 5.97 Å². The van der Waals surface area contributed by atoms with Crippen LogP contribution in [0.3, 0.4) is 0 Å². The van der Waals surface area contributed by atoms with Gasteiger partial charge in [-0.2, -0.15) is 0 Å². The van der Waals surface area contributed by atoms with Gasteiger partial charge in [-0.3, -0.25) is 14.4 Å². The van der Waals surface area contributed by atoms with E-state index in [0.29, 0.717) is 17.1 Å². The van der Waals surface area contributed by atoms with Gasteiger partial charge in [0.25, 0.3) is 5.91 Å². The van der Waals surface area contributed by atoms with Crippen LogP contribution in [-0.2, 0) is 14.4 Å². The van der Waals surface area contributed by atoms with Crippen molar-refractivity contribution in [1.82, 2.24) is 4.90 Å². The van der Waals surface area contributed by atoms with Gasteiger partial charge in [0, 0.05) is 6.54 Å². The van der Waals surface area contributed by atoms with Crippen molar-refractivity contribution in [3.8, 4) is 11.5 Å². The number of benzene rings is 1. The minimum absolute atomic E-state index is 0.0516. The summed E-state index contributed by atoms with van der Waals surface area (Å²) in [6, 6.07) is 4.06. The van der Waals surface area contributed by atoms with E-state index in [-0.39, 0.29) is 25.3 Å². The Morgan fingerprint density at radius 3 is 2.67 bits per heavy atom. The van der Waals surface area contributed by atoms with Crippen molar-refractivity contribution in [3.63, 3.8) is 0 Å². The molecule has 0 saturated carbocycles. The molecule has 1 aromatic carbocycles. The zero-order valence-electron chi connectivity index (χ0n) is 12.8. The Morgan fingerprint density at radius 2 is 2.00 bits per heavy atom. The Labute approximate surface area is 136 Å². The monoisotopic (exact) mass is 333 g/mol. The van der Waals surface area contributed by atoms with Crippen molar-refractivity contribution in [3.05, 3.63) is 35.1 Å². The molecule has 3 rings (SSSR count). The molecular formula is C16H15NO7. The number of hydrogen-bond acceptors (Lipinski definition) is 6. The first-order valence-corrected chi connectivity index (χ1v) is 7.26. The Bertz CT molecular complexity index is 768. The number of carboxylic acid groups (broad SMARTS) is 1. The van der Waals surface area contributed by atoms with Crippen LogP contribution in [0.15, 0.2) is 29.5 Å². The summed E-state index contributed by atoms with van der Waals surface area (Å²) >= 11 is 0. The fourth-order valence-electron chi connectivity index (χ4n) is 2.89. The van der Waals surface area contributed by atoms with Crippen molar-refractivity contribution in [1.29, 1.82) is 0 Å². The molecule has 0 radical (unpaired) electrons. The number of carboxylic acids is 1. The maximum atomic E-state index is 12.3. The number of aliphatic carboxylic acids is 1. The van der Waals surface area contributed by atoms with Crippen molar-refractivity contribution < 1.29 is 34.1 Å². The molecule has 0 saturated heterocycles. The fraction of sp³-hybridized carbons (Fsp3) is 0.312. The average molecular weight is 333 g/mol. The van der Waals surface area contributed by atoms with Gasteiger partial charge in [0.2, 0.25) is 6.79 Å². The molecule has 8 nitrogen and oxygen atoms in total. The molecule has 1 aromatic rings. The second kappa shape index (κ2) is 5.88. The number of carbonyl (C=O) groups is 3. The Morgan fingerprint density at radius 1 is 1.29 bits per heavy atom. The summed E-state index contributed by atoms with van der Waals surface area (Å²) in [4.78, 5) is 36.2. The van der Waals surface area contributed by atoms with E-state index in [1.807, 2.05) is 0 Å². The number of aliphatic hydroxyl groups is 1. The number of hydrogen-bond donors (Lipinski definition) is 2. The van der Waals surface area contributed by atoms with Gasteiger partial charge in [0.1, 0.15) is 0 Å². The molecule has 0 aliphatic carbocycles. The lowest BCUT2D eigenvalue weighted by molar-refractivity contribution is -0.138. The van der Waals surface area contributed by atoms with Gasteiger partial charge in [0.15, 0.2) is 23.0 Å². The number of aliphatic hydroxyl groups excluding tert-OH is 1.